The summed E-state index contributed by atoms with van der Waals surface area (Å²) in [6, 6.07) is 3.72. The van der Waals surface area contributed by atoms with Gasteiger partial charge >= 0.3 is 6.01 Å². The molecule has 0 unspecified atom stereocenters. The Morgan fingerprint density at radius 1 is 1.35 bits per heavy atom. The van der Waals surface area contributed by atoms with Crippen LogP contribution in [0.4, 0.5) is 5.95 Å². The van der Waals surface area contributed by atoms with Crippen LogP contribution in [0, 0.1) is 23.2 Å². The minimum absolute atomic E-state index is 0.00755. The first kappa shape index (κ1) is 24.7. The summed E-state index contributed by atoms with van der Waals surface area (Å²) in [4.78, 5) is 35.5. The van der Waals surface area contributed by atoms with Crippen LogP contribution in [0.5, 0.6) is 11.8 Å². The van der Waals surface area contributed by atoms with Gasteiger partial charge in [0, 0.05) is 37.4 Å². The summed E-state index contributed by atoms with van der Waals surface area (Å²) in [6.07, 6.45) is 6.22. The van der Waals surface area contributed by atoms with E-state index in [0.29, 0.717) is 31.6 Å². The minimum atomic E-state index is -0.510. The SMILES string of the molecule is COc1ccnc2[nH]cc(C3CCN(c4nc(OC[C@H]5C[C@H]5C#N)nc(C(=O)N[C@H](C)CO)n4)CC3)c12. The van der Waals surface area contributed by atoms with Crippen molar-refractivity contribution in [1.29, 1.82) is 5.26 Å². The smallest absolute Gasteiger partial charge is 0.321 e. The second-order valence-corrected chi connectivity index (χ2v) is 9.58. The quantitative estimate of drug-likeness (QED) is 0.390. The van der Waals surface area contributed by atoms with E-state index in [9.17, 15) is 9.90 Å². The summed E-state index contributed by atoms with van der Waals surface area (Å²) >= 11 is 0. The number of aliphatic hydroxyl groups excluding tert-OH is 1. The second-order valence-electron chi connectivity index (χ2n) is 9.58. The lowest BCUT2D eigenvalue weighted by Gasteiger charge is -2.32. The largest absolute Gasteiger partial charge is 0.496 e. The van der Waals surface area contributed by atoms with Gasteiger partial charge in [0.15, 0.2) is 0 Å². The van der Waals surface area contributed by atoms with Gasteiger partial charge < -0.3 is 29.8 Å². The first-order valence-electron chi connectivity index (χ1n) is 12.5. The van der Waals surface area contributed by atoms with E-state index >= 15 is 0 Å². The van der Waals surface area contributed by atoms with Crippen molar-refractivity contribution in [2.45, 2.75) is 38.1 Å². The van der Waals surface area contributed by atoms with Gasteiger partial charge in [-0.15, -0.1) is 0 Å². The second kappa shape index (κ2) is 10.6. The number of aromatic nitrogens is 5. The zero-order valence-electron chi connectivity index (χ0n) is 20.8. The highest BCUT2D eigenvalue weighted by Gasteiger charge is 2.38. The molecule has 1 saturated heterocycles. The minimum Gasteiger partial charge on any atom is -0.496 e. The molecule has 1 saturated carbocycles. The Kier molecular flexibility index (Phi) is 7.05. The van der Waals surface area contributed by atoms with Gasteiger partial charge in [-0.3, -0.25) is 4.79 Å². The fourth-order valence-electron chi connectivity index (χ4n) is 4.69. The molecule has 3 aromatic heterocycles. The standard InChI is InChI=1S/C25H30N8O4/c1-14(12-34)29-23(35)22-30-24(32-25(31-22)37-13-17-9-16(17)10-26)33-7-4-15(5-8-33)18-11-28-21-20(18)19(36-2)3-6-27-21/h3,6,11,14-17,34H,4-5,7-9,12-13H2,1-2H3,(H,27,28)(H,29,35)/t14-,16+,17-/m1/s1. The van der Waals surface area contributed by atoms with E-state index in [1.807, 2.05) is 17.2 Å². The number of nitrogens with zero attached hydrogens (tertiary/aromatic N) is 6. The summed E-state index contributed by atoms with van der Waals surface area (Å²) in [5, 5.41) is 22.0. The lowest BCUT2D eigenvalue weighted by molar-refractivity contribution is 0.0909. The Morgan fingerprint density at radius 3 is 2.86 bits per heavy atom. The zero-order chi connectivity index (χ0) is 25.9. The number of aliphatic hydroxyl groups is 1. The van der Waals surface area contributed by atoms with Crippen LogP contribution in [-0.4, -0.2) is 75.4 Å². The van der Waals surface area contributed by atoms with E-state index in [1.165, 1.54) is 5.56 Å². The molecule has 12 nitrogen and oxygen atoms in total. The molecule has 2 aliphatic rings. The average molecular weight is 507 g/mol. The zero-order valence-corrected chi connectivity index (χ0v) is 20.8. The van der Waals surface area contributed by atoms with E-state index in [4.69, 9.17) is 14.7 Å². The molecular weight excluding hydrogens is 476 g/mol. The number of aromatic amines is 1. The van der Waals surface area contributed by atoms with Gasteiger partial charge in [-0.1, -0.05) is 0 Å². The molecule has 3 atom stereocenters. The summed E-state index contributed by atoms with van der Waals surface area (Å²) in [5.74, 6) is 1.03. The van der Waals surface area contributed by atoms with Crippen LogP contribution in [0.15, 0.2) is 18.5 Å². The van der Waals surface area contributed by atoms with Crippen molar-refractivity contribution < 1.29 is 19.4 Å². The molecule has 3 aromatic rings. The van der Waals surface area contributed by atoms with Gasteiger partial charge in [0.2, 0.25) is 11.8 Å². The number of hydrogen-bond acceptors (Lipinski definition) is 10. The van der Waals surface area contributed by atoms with Crippen LogP contribution in [0.1, 0.15) is 48.3 Å². The highest BCUT2D eigenvalue weighted by molar-refractivity contribution is 5.91. The summed E-state index contributed by atoms with van der Waals surface area (Å²) in [7, 11) is 1.66. The first-order chi connectivity index (χ1) is 18.0. The fourth-order valence-corrected chi connectivity index (χ4v) is 4.69. The number of anilines is 1. The highest BCUT2D eigenvalue weighted by atomic mass is 16.5. The Balaban J connectivity index is 1.33. The van der Waals surface area contributed by atoms with Crippen LogP contribution in [0.2, 0.25) is 0 Å². The van der Waals surface area contributed by atoms with Gasteiger partial charge in [-0.05, 0) is 43.7 Å². The number of rotatable bonds is 9. The molecule has 0 aromatic carbocycles. The van der Waals surface area contributed by atoms with Gasteiger partial charge in [0.05, 0.1) is 37.7 Å². The number of fused-ring (bicyclic) bond motifs is 1. The maximum atomic E-state index is 12.7. The monoisotopic (exact) mass is 506 g/mol. The maximum Gasteiger partial charge on any atom is 0.321 e. The third kappa shape index (κ3) is 5.27. The van der Waals surface area contributed by atoms with Crippen LogP contribution >= 0.6 is 0 Å². The molecule has 1 aliphatic carbocycles. The molecule has 5 rings (SSSR count). The molecule has 37 heavy (non-hydrogen) atoms. The molecule has 1 amide bonds. The van der Waals surface area contributed by atoms with Crippen LogP contribution < -0.4 is 19.7 Å². The van der Waals surface area contributed by atoms with Crippen LogP contribution in [-0.2, 0) is 0 Å². The van der Waals surface area contributed by atoms with Crippen molar-refractivity contribution in [3.05, 3.63) is 29.8 Å². The van der Waals surface area contributed by atoms with E-state index in [2.05, 4.69) is 36.3 Å². The van der Waals surface area contributed by atoms with Crippen molar-refractivity contribution in [3.63, 3.8) is 0 Å². The number of piperidine rings is 1. The third-order valence-corrected chi connectivity index (χ3v) is 6.98. The van der Waals surface area contributed by atoms with Gasteiger partial charge in [0.1, 0.15) is 11.4 Å². The summed E-state index contributed by atoms with van der Waals surface area (Å²) in [5.41, 5.74) is 1.98. The number of nitriles is 1. The Morgan fingerprint density at radius 2 is 2.16 bits per heavy atom. The molecule has 4 heterocycles. The van der Waals surface area contributed by atoms with Crippen LogP contribution in [0.25, 0.3) is 11.0 Å². The Bertz CT molecular complexity index is 1310. The molecule has 3 N–H and O–H groups in total. The van der Waals surface area contributed by atoms with Crippen LogP contribution in [0.3, 0.4) is 0 Å². The fraction of sp³-hybridized carbons (Fsp3) is 0.520. The molecule has 194 valence electrons. The number of methoxy groups -OCH3 is 1. The molecule has 2 fully saturated rings. The topological polar surface area (TPSA) is 162 Å². The molecular formula is C25H30N8O4. The van der Waals surface area contributed by atoms with E-state index in [-0.39, 0.29) is 30.3 Å². The summed E-state index contributed by atoms with van der Waals surface area (Å²) in [6.45, 7) is 3.15. The first-order valence-corrected chi connectivity index (χ1v) is 12.5. The predicted molar refractivity (Wildman–Crippen MR) is 133 cm³/mol. The number of carbonyl (C=O) groups excluding carboxylic acids is 1. The molecule has 0 radical (unpaired) electrons. The van der Waals surface area contributed by atoms with Crippen molar-refractivity contribution in [2.75, 3.05) is 38.3 Å². The van der Waals surface area contributed by atoms with Gasteiger partial charge in [-0.2, -0.15) is 20.2 Å². The van der Waals surface area contributed by atoms with Crippen molar-refractivity contribution in [2.24, 2.45) is 11.8 Å². The third-order valence-electron chi connectivity index (χ3n) is 6.98. The number of hydrogen-bond donors (Lipinski definition) is 3. The van der Waals surface area contributed by atoms with E-state index in [1.54, 1.807) is 20.2 Å². The number of ether oxygens (including phenoxy) is 2. The molecule has 1 aliphatic heterocycles. The number of nitrogens with one attached hydrogen (secondary N) is 2. The number of pyridine rings is 1. The Labute approximate surface area is 214 Å². The van der Waals surface area contributed by atoms with Gasteiger partial charge in [0.25, 0.3) is 5.91 Å². The molecule has 12 heteroatoms. The lowest BCUT2D eigenvalue weighted by atomic mass is 9.89. The number of H-pyrrole nitrogens is 1. The number of carbonyl (C=O) groups is 1. The lowest BCUT2D eigenvalue weighted by Crippen LogP contribution is -2.38. The maximum absolute atomic E-state index is 12.7. The predicted octanol–water partition coefficient (Wildman–Crippen LogP) is 1.79. The van der Waals surface area contributed by atoms with Gasteiger partial charge in [-0.25, -0.2) is 4.98 Å². The van der Waals surface area contributed by atoms with E-state index in [0.717, 1.165) is 36.0 Å². The van der Waals surface area contributed by atoms with Crippen molar-refractivity contribution in [3.8, 4) is 17.8 Å². The summed E-state index contributed by atoms with van der Waals surface area (Å²) < 4.78 is 11.3. The average Bonchev–Trinajstić information content (AvgIpc) is 3.57. The highest BCUT2D eigenvalue weighted by Crippen LogP contribution is 2.38. The normalized spacial score (nSPS) is 20.3. The van der Waals surface area contributed by atoms with E-state index < -0.39 is 11.9 Å². The van der Waals surface area contributed by atoms with Crippen molar-refractivity contribution in [1.82, 2.24) is 30.2 Å². The number of amides is 1. The Hall–Kier alpha value is -3.98. The molecule has 0 spiro atoms. The molecule has 0 bridgehead atoms. The van der Waals surface area contributed by atoms with Crippen molar-refractivity contribution >= 4 is 22.9 Å².